The predicted octanol–water partition coefficient (Wildman–Crippen LogP) is 2.57. The summed E-state index contributed by atoms with van der Waals surface area (Å²) >= 11 is 0. The summed E-state index contributed by atoms with van der Waals surface area (Å²) in [6, 6.07) is 4.94. The van der Waals surface area contributed by atoms with Gasteiger partial charge < -0.3 is 10.6 Å². The lowest BCUT2D eigenvalue weighted by Crippen LogP contribution is -2.36. The number of carbonyl (C=O) groups excluding carboxylic acids is 2. The summed E-state index contributed by atoms with van der Waals surface area (Å²) in [6.45, 7) is -0.0614. The number of Topliss-reactive ketones (excluding diaryl/α,β-unsaturated/α-hetero) is 1. The third-order valence-corrected chi connectivity index (χ3v) is 1.98. The number of ketones is 1. The second-order valence-electron chi connectivity index (χ2n) is 3.56. The molecule has 7 heteroatoms. The highest BCUT2D eigenvalue weighted by atomic mass is 19.4. The number of alkyl halides is 3. The summed E-state index contributed by atoms with van der Waals surface area (Å²) in [5.74, 6) is -0.200. The molecule has 1 aromatic rings. The van der Waals surface area contributed by atoms with Gasteiger partial charge in [0.15, 0.2) is 5.78 Å². The molecule has 0 saturated carbocycles. The van der Waals surface area contributed by atoms with Crippen molar-refractivity contribution in [2.75, 3.05) is 11.9 Å². The van der Waals surface area contributed by atoms with Crippen molar-refractivity contribution in [1.82, 2.24) is 5.32 Å². The van der Waals surface area contributed by atoms with E-state index in [1.54, 1.807) is 11.4 Å². The van der Waals surface area contributed by atoms with Crippen molar-refractivity contribution in [2.24, 2.45) is 0 Å². The van der Waals surface area contributed by atoms with Gasteiger partial charge in [0.05, 0.1) is 0 Å². The molecule has 98 valence electrons. The molecule has 0 unspecified atom stereocenters. The van der Waals surface area contributed by atoms with Gasteiger partial charge in [0.1, 0.15) is 6.54 Å². The Balaban J connectivity index is 2.59. The monoisotopic (exact) mass is 260 g/mol. The van der Waals surface area contributed by atoms with Crippen molar-refractivity contribution >= 4 is 17.5 Å². The van der Waals surface area contributed by atoms with Crippen LogP contribution in [0.1, 0.15) is 17.3 Å². The van der Waals surface area contributed by atoms with Crippen LogP contribution in [0.4, 0.5) is 23.7 Å². The molecule has 1 rings (SSSR count). The molecule has 0 aliphatic heterocycles. The molecule has 0 fully saturated rings. The van der Waals surface area contributed by atoms with E-state index < -0.39 is 18.8 Å². The van der Waals surface area contributed by atoms with E-state index in [0.717, 1.165) is 0 Å². The van der Waals surface area contributed by atoms with Gasteiger partial charge in [-0.05, 0) is 19.1 Å². The van der Waals surface area contributed by atoms with E-state index in [1.807, 2.05) is 0 Å². The molecule has 2 amide bonds. The Bertz CT molecular complexity index is 458. The van der Waals surface area contributed by atoms with E-state index in [0.29, 0.717) is 5.56 Å². The average Bonchev–Trinajstić information content (AvgIpc) is 2.26. The minimum atomic E-state index is -4.46. The molecule has 0 saturated heterocycles. The zero-order chi connectivity index (χ0) is 13.8. The second-order valence-corrected chi connectivity index (χ2v) is 3.56. The maximum absolute atomic E-state index is 11.8. The van der Waals surface area contributed by atoms with Crippen LogP contribution in [0, 0.1) is 0 Å². The molecule has 0 aromatic heterocycles. The number of hydrogen-bond donors (Lipinski definition) is 2. The highest BCUT2D eigenvalue weighted by Gasteiger charge is 2.27. The fourth-order valence-electron chi connectivity index (χ4n) is 1.17. The Morgan fingerprint density at radius 2 is 1.94 bits per heavy atom. The van der Waals surface area contributed by atoms with Gasteiger partial charge in [-0.15, -0.1) is 0 Å². The standard InChI is InChI=1S/C11H11F3N2O2/c1-7(17)8-3-2-4-9(5-8)16-10(18)15-6-11(12,13)14/h2-5H,6H2,1H3,(H2,15,16,18). The number of anilines is 1. The molecular formula is C11H11F3N2O2. The van der Waals surface area contributed by atoms with Gasteiger partial charge in [0.2, 0.25) is 0 Å². The first-order valence-corrected chi connectivity index (χ1v) is 5.00. The Morgan fingerprint density at radius 1 is 1.28 bits per heavy atom. The van der Waals surface area contributed by atoms with Crippen molar-refractivity contribution in [1.29, 1.82) is 0 Å². The van der Waals surface area contributed by atoms with Crippen molar-refractivity contribution in [3.63, 3.8) is 0 Å². The second kappa shape index (κ2) is 5.52. The van der Waals surface area contributed by atoms with E-state index in [9.17, 15) is 22.8 Å². The van der Waals surface area contributed by atoms with Gasteiger partial charge in [-0.1, -0.05) is 12.1 Å². The van der Waals surface area contributed by atoms with E-state index in [2.05, 4.69) is 5.32 Å². The van der Waals surface area contributed by atoms with E-state index >= 15 is 0 Å². The molecule has 0 atom stereocenters. The molecule has 0 aliphatic rings. The van der Waals surface area contributed by atoms with E-state index in [-0.39, 0.29) is 11.5 Å². The minimum absolute atomic E-state index is 0.200. The quantitative estimate of drug-likeness (QED) is 0.820. The van der Waals surface area contributed by atoms with Crippen LogP contribution in [0.15, 0.2) is 24.3 Å². The van der Waals surface area contributed by atoms with Gasteiger partial charge in [0.25, 0.3) is 0 Å². The SMILES string of the molecule is CC(=O)c1cccc(NC(=O)NCC(F)(F)F)c1. The van der Waals surface area contributed by atoms with Crippen LogP contribution in [-0.4, -0.2) is 24.5 Å². The van der Waals surface area contributed by atoms with Crippen molar-refractivity contribution in [3.05, 3.63) is 29.8 Å². The number of rotatable bonds is 3. The lowest BCUT2D eigenvalue weighted by Gasteiger charge is -2.10. The summed E-state index contributed by atoms with van der Waals surface area (Å²) in [6.07, 6.45) is -4.46. The third-order valence-electron chi connectivity index (χ3n) is 1.98. The van der Waals surface area contributed by atoms with Crippen LogP contribution < -0.4 is 10.6 Å². The smallest absolute Gasteiger partial charge is 0.329 e. The number of hydrogen-bond acceptors (Lipinski definition) is 2. The molecule has 0 bridgehead atoms. The Labute approximate surface area is 101 Å². The van der Waals surface area contributed by atoms with Crippen molar-refractivity contribution in [2.45, 2.75) is 13.1 Å². The number of halogens is 3. The normalized spacial score (nSPS) is 10.9. The summed E-state index contributed by atoms with van der Waals surface area (Å²) in [7, 11) is 0. The number of benzene rings is 1. The van der Waals surface area contributed by atoms with Crippen LogP contribution >= 0.6 is 0 Å². The Kier molecular flexibility index (Phi) is 4.30. The zero-order valence-corrected chi connectivity index (χ0v) is 9.47. The molecule has 2 N–H and O–H groups in total. The van der Waals surface area contributed by atoms with E-state index in [1.165, 1.54) is 25.1 Å². The molecule has 4 nitrogen and oxygen atoms in total. The summed E-state index contributed by atoms with van der Waals surface area (Å²) in [5.41, 5.74) is 0.617. The molecule has 0 radical (unpaired) electrons. The van der Waals surface area contributed by atoms with Crippen molar-refractivity contribution < 1.29 is 22.8 Å². The van der Waals surface area contributed by atoms with Crippen LogP contribution in [-0.2, 0) is 0 Å². The minimum Gasteiger partial charge on any atom is -0.329 e. The molecular weight excluding hydrogens is 249 g/mol. The molecule has 0 heterocycles. The number of amides is 2. The van der Waals surface area contributed by atoms with E-state index in [4.69, 9.17) is 0 Å². The van der Waals surface area contributed by atoms with Crippen LogP contribution in [0.3, 0.4) is 0 Å². The Hall–Kier alpha value is -2.05. The van der Waals surface area contributed by atoms with Crippen LogP contribution in [0.5, 0.6) is 0 Å². The molecule has 0 spiro atoms. The van der Waals surface area contributed by atoms with Crippen LogP contribution in [0.2, 0.25) is 0 Å². The topological polar surface area (TPSA) is 58.2 Å². The summed E-state index contributed by atoms with van der Waals surface area (Å²) in [5, 5.41) is 3.87. The molecule has 1 aromatic carbocycles. The average molecular weight is 260 g/mol. The maximum atomic E-state index is 11.8. The number of nitrogens with one attached hydrogen (secondary N) is 2. The Morgan fingerprint density at radius 3 is 2.50 bits per heavy atom. The first-order valence-electron chi connectivity index (χ1n) is 5.00. The highest BCUT2D eigenvalue weighted by molar-refractivity contribution is 5.96. The summed E-state index contributed by atoms with van der Waals surface area (Å²) < 4.78 is 35.5. The molecule has 0 aliphatic carbocycles. The van der Waals surface area contributed by atoms with Gasteiger partial charge in [0, 0.05) is 11.3 Å². The first kappa shape index (κ1) is 14.0. The summed E-state index contributed by atoms with van der Waals surface area (Å²) in [4.78, 5) is 22.2. The number of urea groups is 1. The largest absolute Gasteiger partial charge is 0.405 e. The fraction of sp³-hybridized carbons (Fsp3) is 0.273. The molecule has 18 heavy (non-hydrogen) atoms. The number of carbonyl (C=O) groups is 2. The first-order chi connectivity index (χ1) is 8.28. The van der Waals surface area contributed by atoms with Gasteiger partial charge in [-0.3, -0.25) is 4.79 Å². The predicted molar refractivity (Wildman–Crippen MR) is 59.5 cm³/mol. The van der Waals surface area contributed by atoms with Gasteiger partial charge in [-0.2, -0.15) is 13.2 Å². The lowest BCUT2D eigenvalue weighted by atomic mass is 10.1. The third kappa shape index (κ3) is 4.86. The fourth-order valence-corrected chi connectivity index (χ4v) is 1.17. The van der Waals surface area contributed by atoms with Gasteiger partial charge >= 0.3 is 12.2 Å². The van der Waals surface area contributed by atoms with Crippen LogP contribution in [0.25, 0.3) is 0 Å². The zero-order valence-electron chi connectivity index (χ0n) is 9.47. The lowest BCUT2D eigenvalue weighted by molar-refractivity contribution is -0.122. The van der Waals surface area contributed by atoms with Gasteiger partial charge in [-0.25, -0.2) is 4.79 Å². The highest BCUT2D eigenvalue weighted by Crippen LogP contribution is 2.13. The maximum Gasteiger partial charge on any atom is 0.405 e. The van der Waals surface area contributed by atoms with Crippen molar-refractivity contribution in [3.8, 4) is 0 Å².